The number of hydrogen-bond donors (Lipinski definition) is 3. The van der Waals surface area contributed by atoms with Gasteiger partial charge in [0.25, 0.3) is 5.91 Å². The van der Waals surface area contributed by atoms with Crippen molar-refractivity contribution in [2.45, 2.75) is 12.7 Å². The molecule has 10 heteroatoms. The molecule has 7 nitrogen and oxygen atoms in total. The monoisotopic (exact) mass is 450 g/mol. The SMILES string of the molecule is Cl.O=C(Nc1ccc([C@H]2CNCCO2)cc1)c1cc(-c2cccc(OC(F)F)c2)n[nH]1. The Morgan fingerprint density at radius 1 is 1.19 bits per heavy atom. The first-order valence-corrected chi connectivity index (χ1v) is 9.43. The number of amides is 1. The van der Waals surface area contributed by atoms with Crippen LogP contribution in [0.4, 0.5) is 14.5 Å². The van der Waals surface area contributed by atoms with E-state index in [2.05, 4.69) is 25.6 Å². The molecule has 164 valence electrons. The van der Waals surface area contributed by atoms with Gasteiger partial charge in [-0.25, -0.2) is 0 Å². The minimum atomic E-state index is -2.91. The smallest absolute Gasteiger partial charge is 0.387 e. The Bertz CT molecular complexity index is 1010. The highest BCUT2D eigenvalue weighted by Crippen LogP contribution is 2.25. The molecule has 0 spiro atoms. The van der Waals surface area contributed by atoms with Crippen molar-refractivity contribution < 1.29 is 23.0 Å². The number of ether oxygens (including phenoxy) is 2. The highest BCUT2D eigenvalue weighted by atomic mass is 35.5. The van der Waals surface area contributed by atoms with Gasteiger partial charge in [-0.05, 0) is 35.9 Å². The average Bonchev–Trinajstić information content (AvgIpc) is 3.25. The number of carbonyl (C=O) groups excluding carboxylic acids is 1. The van der Waals surface area contributed by atoms with Gasteiger partial charge in [0.05, 0.1) is 18.4 Å². The Morgan fingerprint density at radius 3 is 2.71 bits per heavy atom. The molecule has 4 rings (SSSR count). The Labute approximate surface area is 183 Å². The van der Waals surface area contributed by atoms with Gasteiger partial charge in [-0.15, -0.1) is 12.4 Å². The predicted octanol–water partition coefficient (Wildman–Crippen LogP) is 4.01. The molecule has 1 amide bonds. The van der Waals surface area contributed by atoms with Crippen LogP contribution in [0.2, 0.25) is 0 Å². The lowest BCUT2D eigenvalue weighted by Crippen LogP contribution is -2.33. The molecule has 1 aromatic heterocycles. The molecule has 31 heavy (non-hydrogen) atoms. The van der Waals surface area contributed by atoms with Crippen LogP contribution < -0.4 is 15.4 Å². The number of alkyl halides is 2. The first-order valence-electron chi connectivity index (χ1n) is 9.43. The molecule has 0 unspecified atom stereocenters. The molecule has 0 saturated carbocycles. The molecule has 2 heterocycles. The second-order valence-electron chi connectivity index (χ2n) is 6.71. The van der Waals surface area contributed by atoms with Crippen molar-refractivity contribution in [3.63, 3.8) is 0 Å². The first kappa shape index (κ1) is 22.7. The number of nitrogens with one attached hydrogen (secondary N) is 3. The Kier molecular flexibility index (Phi) is 7.56. The molecule has 1 aliphatic heterocycles. The normalized spacial score (nSPS) is 15.9. The number of aromatic amines is 1. The fourth-order valence-corrected chi connectivity index (χ4v) is 3.18. The second-order valence-corrected chi connectivity index (χ2v) is 6.71. The number of carbonyl (C=O) groups is 1. The van der Waals surface area contributed by atoms with Crippen molar-refractivity contribution in [3.8, 4) is 17.0 Å². The van der Waals surface area contributed by atoms with Crippen LogP contribution in [0.5, 0.6) is 5.75 Å². The first-order chi connectivity index (χ1) is 14.6. The van der Waals surface area contributed by atoms with Gasteiger partial charge in [-0.2, -0.15) is 13.9 Å². The minimum Gasteiger partial charge on any atom is -0.435 e. The van der Waals surface area contributed by atoms with Gasteiger partial charge in [-0.3, -0.25) is 9.89 Å². The Hall–Kier alpha value is -3.01. The lowest BCUT2D eigenvalue weighted by atomic mass is 10.1. The lowest BCUT2D eigenvalue weighted by molar-refractivity contribution is -0.0498. The number of H-pyrrole nitrogens is 1. The van der Waals surface area contributed by atoms with Gasteiger partial charge in [0.2, 0.25) is 0 Å². The van der Waals surface area contributed by atoms with E-state index in [1.807, 2.05) is 24.3 Å². The maximum absolute atomic E-state index is 12.5. The molecule has 0 bridgehead atoms. The maximum atomic E-state index is 12.5. The second kappa shape index (κ2) is 10.3. The van der Waals surface area contributed by atoms with E-state index in [0.29, 0.717) is 23.6 Å². The van der Waals surface area contributed by atoms with Gasteiger partial charge in [0.15, 0.2) is 0 Å². The van der Waals surface area contributed by atoms with Gasteiger partial charge >= 0.3 is 6.61 Å². The van der Waals surface area contributed by atoms with E-state index in [4.69, 9.17) is 4.74 Å². The highest BCUT2D eigenvalue weighted by Gasteiger charge is 2.16. The zero-order chi connectivity index (χ0) is 20.9. The van der Waals surface area contributed by atoms with E-state index >= 15 is 0 Å². The van der Waals surface area contributed by atoms with Crippen molar-refractivity contribution in [2.24, 2.45) is 0 Å². The van der Waals surface area contributed by atoms with E-state index in [1.165, 1.54) is 12.1 Å². The molecule has 1 fully saturated rings. The molecule has 1 aliphatic rings. The van der Waals surface area contributed by atoms with E-state index in [-0.39, 0.29) is 35.9 Å². The number of aromatic nitrogens is 2. The van der Waals surface area contributed by atoms with Crippen molar-refractivity contribution in [2.75, 3.05) is 25.0 Å². The van der Waals surface area contributed by atoms with Crippen LogP contribution in [0.3, 0.4) is 0 Å². The molecule has 1 saturated heterocycles. The number of nitrogens with zero attached hydrogens (tertiary/aromatic N) is 1. The fourth-order valence-electron chi connectivity index (χ4n) is 3.18. The van der Waals surface area contributed by atoms with Crippen LogP contribution in [0, 0.1) is 0 Å². The van der Waals surface area contributed by atoms with Gasteiger partial charge in [0, 0.05) is 24.3 Å². The summed E-state index contributed by atoms with van der Waals surface area (Å²) in [7, 11) is 0. The number of anilines is 1. The summed E-state index contributed by atoms with van der Waals surface area (Å²) in [6, 6.07) is 15.1. The highest BCUT2D eigenvalue weighted by molar-refractivity contribution is 6.03. The average molecular weight is 451 g/mol. The van der Waals surface area contributed by atoms with Crippen LogP contribution in [-0.2, 0) is 4.74 Å². The quantitative estimate of drug-likeness (QED) is 0.528. The third-order valence-electron chi connectivity index (χ3n) is 4.65. The van der Waals surface area contributed by atoms with E-state index < -0.39 is 6.61 Å². The van der Waals surface area contributed by atoms with E-state index in [9.17, 15) is 13.6 Å². The summed E-state index contributed by atoms with van der Waals surface area (Å²) >= 11 is 0. The maximum Gasteiger partial charge on any atom is 0.387 e. The Morgan fingerprint density at radius 2 is 2.00 bits per heavy atom. The number of halogens is 3. The van der Waals surface area contributed by atoms with Crippen LogP contribution in [-0.4, -0.2) is 42.4 Å². The van der Waals surface area contributed by atoms with Gasteiger partial charge in [-0.1, -0.05) is 24.3 Å². The van der Waals surface area contributed by atoms with E-state index in [1.54, 1.807) is 18.2 Å². The van der Waals surface area contributed by atoms with Crippen LogP contribution in [0.25, 0.3) is 11.3 Å². The van der Waals surface area contributed by atoms with Gasteiger partial charge < -0.3 is 20.1 Å². The molecule has 1 atom stereocenters. The minimum absolute atomic E-state index is 0. The fraction of sp³-hybridized carbons (Fsp3) is 0.238. The third kappa shape index (κ3) is 5.78. The van der Waals surface area contributed by atoms with Crippen molar-refractivity contribution in [1.29, 1.82) is 0 Å². The van der Waals surface area contributed by atoms with Crippen LogP contribution in [0.1, 0.15) is 22.2 Å². The molecular weight excluding hydrogens is 430 g/mol. The summed E-state index contributed by atoms with van der Waals surface area (Å²) in [5.74, 6) is -0.342. The van der Waals surface area contributed by atoms with Crippen LogP contribution >= 0.6 is 12.4 Å². The molecule has 2 aromatic carbocycles. The Balaban J connectivity index is 0.00000272. The topological polar surface area (TPSA) is 88.3 Å². The molecule has 0 radical (unpaired) electrons. The summed E-state index contributed by atoms with van der Waals surface area (Å²) in [6.07, 6.45) is 0.00322. The summed E-state index contributed by atoms with van der Waals surface area (Å²) in [4.78, 5) is 12.5. The largest absolute Gasteiger partial charge is 0.435 e. The molecule has 3 aromatic rings. The van der Waals surface area contributed by atoms with Gasteiger partial charge in [0.1, 0.15) is 11.4 Å². The van der Waals surface area contributed by atoms with Crippen LogP contribution in [0.15, 0.2) is 54.6 Å². The predicted molar refractivity (Wildman–Crippen MR) is 114 cm³/mol. The summed E-state index contributed by atoms with van der Waals surface area (Å²) in [6.45, 7) is -0.636. The molecular formula is C21H21ClF2N4O3. The lowest BCUT2D eigenvalue weighted by Gasteiger charge is -2.24. The van der Waals surface area contributed by atoms with E-state index in [0.717, 1.165) is 18.7 Å². The number of rotatable bonds is 6. The van der Waals surface area contributed by atoms with Crippen molar-refractivity contribution in [1.82, 2.24) is 15.5 Å². The standard InChI is InChI=1S/C21H20F2N4O3.ClH/c22-21(23)30-16-3-1-2-14(10-16)17-11-18(27-26-17)20(28)25-15-6-4-13(5-7-15)19-12-24-8-9-29-19;/h1-7,10-11,19,21,24H,8-9,12H2,(H,25,28)(H,26,27);1H/t19-;/m1./s1. The van der Waals surface area contributed by atoms with Crippen molar-refractivity contribution in [3.05, 3.63) is 65.9 Å². The summed E-state index contributed by atoms with van der Waals surface area (Å²) in [5.41, 5.74) is 2.91. The number of benzene rings is 2. The summed E-state index contributed by atoms with van der Waals surface area (Å²) in [5, 5.41) is 12.8. The third-order valence-corrected chi connectivity index (χ3v) is 4.65. The molecule has 3 N–H and O–H groups in total. The number of morpholine rings is 1. The zero-order valence-electron chi connectivity index (χ0n) is 16.3. The van der Waals surface area contributed by atoms with Crippen molar-refractivity contribution >= 4 is 24.0 Å². The zero-order valence-corrected chi connectivity index (χ0v) is 17.1. The summed E-state index contributed by atoms with van der Waals surface area (Å²) < 4.78 is 34.9. The molecule has 0 aliphatic carbocycles. The number of hydrogen-bond acceptors (Lipinski definition) is 5.